The summed E-state index contributed by atoms with van der Waals surface area (Å²) in [5.41, 5.74) is 0.945. The van der Waals surface area contributed by atoms with E-state index in [0.29, 0.717) is 35.6 Å². The van der Waals surface area contributed by atoms with Crippen LogP contribution in [0.1, 0.15) is 12.0 Å². The Bertz CT molecular complexity index is 339. The summed E-state index contributed by atoms with van der Waals surface area (Å²) in [6.45, 7) is 1.31. The molecule has 2 rings (SSSR count). The highest BCUT2D eigenvalue weighted by Crippen LogP contribution is 2.38. The van der Waals surface area contributed by atoms with Crippen LogP contribution >= 0.6 is 23.2 Å². The highest BCUT2D eigenvalue weighted by molar-refractivity contribution is 6.32. The van der Waals surface area contributed by atoms with Crippen LogP contribution in [0.3, 0.4) is 0 Å². The third kappa shape index (κ3) is 1.91. The Morgan fingerprint density at radius 1 is 1.21 bits per heavy atom. The highest BCUT2D eigenvalue weighted by atomic mass is 35.5. The molecule has 1 aromatic rings. The lowest BCUT2D eigenvalue weighted by Crippen LogP contribution is -1.97. The molecule has 0 atom stereocenters. The third-order valence-corrected chi connectivity index (χ3v) is 2.61. The Labute approximate surface area is 92.7 Å². The van der Waals surface area contributed by atoms with Crippen molar-refractivity contribution < 1.29 is 9.47 Å². The van der Waals surface area contributed by atoms with Gasteiger partial charge in [0.15, 0.2) is 11.5 Å². The van der Waals surface area contributed by atoms with Gasteiger partial charge in [0.2, 0.25) is 0 Å². The molecule has 1 aliphatic heterocycles. The summed E-state index contributed by atoms with van der Waals surface area (Å²) in [6.07, 6.45) is 0.876. The van der Waals surface area contributed by atoms with Crippen molar-refractivity contribution in [3.63, 3.8) is 0 Å². The average Bonchev–Trinajstić information content (AvgIpc) is 2.42. The SMILES string of the molecule is ClCc1cc(Cl)c2c(c1)OCCCO2. The van der Waals surface area contributed by atoms with Gasteiger partial charge in [0.05, 0.1) is 18.2 Å². The molecule has 4 heteroatoms. The second-order valence-corrected chi connectivity index (χ2v) is 3.76. The van der Waals surface area contributed by atoms with Gasteiger partial charge >= 0.3 is 0 Å². The summed E-state index contributed by atoms with van der Waals surface area (Å²) in [7, 11) is 0. The maximum atomic E-state index is 6.03. The Hall–Kier alpha value is -0.600. The molecule has 0 aliphatic carbocycles. The van der Waals surface area contributed by atoms with Crippen LogP contribution in [-0.2, 0) is 5.88 Å². The van der Waals surface area contributed by atoms with Crippen LogP contribution in [0.5, 0.6) is 11.5 Å². The molecule has 0 aromatic heterocycles. The quantitative estimate of drug-likeness (QED) is 0.693. The molecular formula is C10H10Cl2O2. The second kappa shape index (κ2) is 4.28. The van der Waals surface area contributed by atoms with Crippen LogP contribution in [0, 0.1) is 0 Å². The van der Waals surface area contributed by atoms with E-state index in [9.17, 15) is 0 Å². The van der Waals surface area contributed by atoms with Crippen molar-refractivity contribution in [2.75, 3.05) is 13.2 Å². The summed E-state index contributed by atoms with van der Waals surface area (Å²) < 4.78 is 11.0. The molecule has 76 valence electrons. The second-order valence-electron chi connectivity index (χ2n) is 3.09. The molecule has 0 bridgehead atoms. The van der Waals surface area contributed by atoms with Crippen molar-refractivity contribution >= 4 is 23.2 Å². The summed E-state index contributed by atoms with van der Waals surface area (Å²) in [5, 5.41) is 0.569. The van der Waals surface area contributed by atoms with E-state index in [-0.39, 0.29) is 0 Å². The van der Waals surface area contributed by atoms with E-state index in [1.807, 2.05) is 12.1 Å². The van der Waals surface area contributed by atoms with Gasteiger partial charge in [-0.15, -0.1) is 11.6 Å². The molecule has 1 aromatic carbocycles. The van der Waals surface area contributed by atoms with E-state index in [1.54, 1.807) is 0 Å². The lowest BCUT2D eigenvalue weighted by molar-refractivity contribution is 0.297. The molecule has 14 heavy (non-hydrogen) atoms. The molecule has 1 aliphatic rings. The van der Waals surface area contributed by atoms with E-state index in [2.05, 4.69) is 0 Å². The Morgan fingerprint density at radius 3 is 2.79 bits per heavy atom. The number of alkyl halides is 1. The zero-order chi connectivity index (χ0) is 9.97. The Balaban J connectivity index is 2.43. The Kier molecular flexibility index (Phi) is 3.04. The van der Waals surface area contributed by atoms with Gasteiger partial charge in [-0.3, -0.25) is 0 Å². The highest BCUT2D eigenvalue weighted by Gasteiger charge is 2.14. The summed E-state index contributed by atoms with van der Waals surface area (Å²) in [4.78, 5) is 0. The molecule has 0 amide bonds. The van der Waals surface area contributed by atoms with Crippen LogP contribution in [0.2, 0.25) is 5.02 Å². The monoisotopic (exact) mass is 232 g/mol. The van der Waals surface area contributed by atoms with Crippen LogP contribution in [0.15, 0.2) is 12.1 Å². The van der Waals surface area contributed by atoms with Gasteiger partial charge in [0.25, 0.3) is 0 Å². The van der Waals surface area contributed by atoms with E-state index in [4.69, 9.17) is 32.7 Å². The molecule has 0 saturated carbocycles. The molecule has 1 heterocycles. The summed E-state index contributed by atoms with van der Waals surface area (Å²) in [5.74, 6) is 1.76. The topological polar surface area (TPSA) is 18.5 Å². The van der Waals surface area contributed by atoms with Gasteiger partial charge < -0.3 is 9.47 Å². The first kappa shape index (κ1) is 9.94. The first-order valence-electron chi connectivity index (χ1n) is 4.45. The molecule has 0 unspecified atom stereocenters. The van der Waals surface area contributed by atoms with Crippen molar-refractivity contribution in [2.24, 2.45) is 0 Å². The smallest absolute Gasteiger partial charge is 0.179 e. The molecular weight excluding hydrogens is 223 g/mol. The average molecular weight is 233 g/mol. The van der Waals surface area contributed by atoms with Crippen LogP contribution in [0.4, 0.5) is 0 Å². The van der Waals surface area contributed by atoms with Crippen LogP contribution in [-0.4, -0.2) is 13.2 Å². The van der Waals surface area contributed by atoms with Gasteiger partial charge in [0, 0.05) is 12.3 Å². The number of hydrogen-bond acceptors (Lipinski definition) is 2. The zero-order valence-corrected chi connectivity index (χ0v) is 9.07. The van der Waals surface area contributed by atoms with Gasteiger partial charge in [0.1, 0.15) is 0 Å². The maximum absolute atomic E-state index is 6.03. The van der Waals surface area contributed by atoms with Crippen molar-refractivity contribution in [2.45, 2.75) is 12.3 Å². The van der Waals surface area contributed by atoms with E-state index in [1.165, 1.54) is 0 Å². The molecule has 0 N–H and O–H groups in total. The van der Waals surface area contributed by atoms with E-state index >= 15 is 0 Å². The number of rotatable bonds is 1. The van der Waals surface area contributed by atoms with Gasteiger partial charge in [-0.1, -0.05) is 11.6 Å². The predicted octanol–water partition coefficient (Wildman–Crippen LogP) is 3.24. The third-order valence-electron chi connectivity index (χ3n) is 2.02. The first-order chi connectivity index (χ1) is 6.81. The van der Waals surface area contributed by atoms with Gasteiger partial charge in [-0.25, -0.2) is 0 Å². The number of benzene rings is 1. The minimum atomic E-state index is 0.427. The first-order valence-corrected chi connectivity index (χ1v) is 5.36. The number of ether oxygens (including phenoxy) is 2. The fraction of sp³-hybridized carbons (Fsp3) is 0.400. The van der Waals surface area contributed by atoms with Crippen molar-refractivity contribution in [1.29, 1.82) is 0 Å². The molecule has 0 spiro atoms. The van der Waals surface area contributed by atoms with Crippen molar-refractivity contribution in [3.05, 3.63) is 22.7 Å². The van der Waals surface area contributed by atoms with Crippen molar-refractivity contribution in [3.8, 4) is 11.5 Å². The standard InChI is InChI=1S/C10H10Cl2O2/c11-6-7-4-8(12)10-9(5-7)13-2-1-3-14-10/h4-5H,1-3,6H2. The van der Waals surface area contributed by atoms with Gasteiger partial charge in [-0.2, -0.15) is 0 Å². The van der Waals surface area contributed by atoms with Crippen LogP contribution in [0.25, 0.3) is 0 Å². The normalized spacial score (nSPS) is 15.0. The fourth-order valence-electron chi connectivity index (χ4n) is 1.36. The molecule has 0 fully saturated rings. The van der Waals surface area contributed by atoms with Gasteiger partial charge in [-0.05, 0) is 17.7 Å². The zero-order valence-electron chi connectivity index (χ0n) is 7.56. The Morgan fingerprint density at radius 2 is 2.00 bits per heavy atom. The molecule has 2 nitrogen and oxygen atoms in total. The largest absolute Gasteiger partial charge is 0.489 e. The number of hydrogen-bond donors (Lipinski definition) is 0. The number of fused-ring (bicyclic) bond motifs is 1. The summed E-state index contributed by atoms with van der Waals surface area (Å²) in [6, 6.07) is 3.68. The van der Waals surface area contributed by atoms with Crippen molar-refractivity contribution in [1.82, 2.24) is 0 Å². The minimum absolute atomic E-state index is 0.427. The number of halogens is 2. The summed E-state index contributed by atoms with van der Waals surface area (Å²) >= 11 is 11.8. The van der Waals surface area contributed by atoms with E-state index in [0.717, 1.165) is 12.0 Å². The lowest BCUT2D eigenvalue weighted by Gasteiger charge is -2.10. The predicted molar refractivity (Wildman–Crippen MR) is 56.6 cm³/mol. The van der Waals surface area contributed by atoms with E-state index < -0.39 is 0 Å². The maximum Gasteiger partial charge on any atom is 0.179 e. The van der Waals surface area contributed by atoms with Crippen LogP contribution < -0.4 is 9.47 Å². The lowest BCUT2D eigenvalue weighted by atomic mass is 10.2. The minimum Gasteiger partial charge on any atom is -0.489 e. The fourth-order valence-corrected chi connectivity index (χ4v) is 1.80. The molecule has 0 saturated heterocycles. The molecule has 0 radical (unpaired) electrons.